The van der Waals surface area contributed by atoms with Crippen LogP contribution >= 0.6 is 0 Å². The van der Waals surface area contributed by atoms with Gasteiger partial charge in [-0.05, 0) is 18.8 Å². The number of carbonyl (C=O) groups excluding carboxylic acids is 3. The summed E-state index contributed by atoms with van der Waals surface area (Å²) < 4.78 is 15.6. The van der Waals surface area contributed by atoms with Crippen LogP contribution in [0.3, 0.4) is 0 Å². The van der Waals surface area contributed by atoms with Crippen LogP contribution in [-0.4, -0.2) is 104 Å². The van der Waals surface area contributed by atoms with E-state index in [2.05, 4.69) is 0 Å². The van der Waals surface area contributed by atoms with Crippen LogP contribution in [0.2, 0.25) is 0 Å². The zero-order valence-corrected chi connectivity index (χ0v) is 21.9. The molecule has 0 aromatic rings. The number of aliphatic hydroxyl groups excluding tert-OH is 6. The lowest BCUT2D eigenvalue weighted by molar-refractivity contribution is -0.190. The molecule has 212 valence electrons. The summed E-state index contributed by atoms with van der Waals surface area (Å²) in [5.74, 6) is -4.45. The van der Waals surface area contributed by atoms with Gasteiger partial charge < -0.3 is 44.8 Å². The van der Waals surface area contributed by atoms with E-state index in [1.807, 2.05) is 0 Å². The molecule has 0 unspecified atom stereocenters. The molecule has 0 aromatic heterocycles. The maximum atomic E-state index is 13.0. The van der Waals surface area contributed by atoms with E-state index in [1.165, 1.54) is 0 Å². The fourth-order valence-electron chi connectivity index (χ4n) is 2.98. The van der Waals surface area contributed by atoms with Gasteiger partial charge in [-0.1, -0.05) is 48.0 Å². The highest BCUT2D eigenvalue weighted by Gasteiger charge is 2.38. The predicted octanol–water partition coefficient (Wildman–Crippen LogP) is -0.712. The number of aliphatic hydroxyl groups is 6. The summed E-state index contributed by atoms with van der Waals surface area (Å²) in [6, 6.07) is 0. The molecule has 0 radical (unpaired) electrons. The second-order valence-electron chi connectivity index (χ2n) is 9.24. The highest BCUT2D eigenvalue weighted by molar-refractivity contribution is 5.84. The first kappa shape index (κ1) is 34.2. The van der Waals surface area contributed by atoms with Crippen molar-refractivity contribution < 1.29 is 59.2 Å². The Kier molecular flexibility index (Phi) is 16.0. The quantitative estimate of drug-likeness (QED) is 0.103. The second kappa shape index (κ2) is 16.8. The van der Waals surface area contributed by atoms with Gasteiger partial charge in [0.2, 0.25) is 12.2 Å². The van der Waals surface area contributed by atoms with Crippen molar-refractivity contribution >= 4 is 17.9 Å². The minimum absolute atomic E-state index is 0.389. The van der Waals surface area contributed by atoms with Crippen LogP contribution in [-0.2, 0) is 28.6 Å². The van der Waals surface area contributed by atoms with Gasteiger partial charge in [0.05, 0.1) is 6.61 Å². The largest absolute Gasteiger partial charge is 0.460 e. The van der Waals surface area contributed by atoms with Gasteiger partial charge in [0.1, 0.15) is 31.0 Å². The van der Waals surface area contributed by atoms with Crippen molar-refractivity contribution in [1.29, 1.82) is 0 Å². The lowest BCUT2D eigenvalue weighted by Gasteiger charge is -2.28. The lowest BCUT2D eigenvalue weighted by Crippen LogP contribution is -2.48. The maximum absolute atomic E-state index is 13.0. The number of ether oxygens (including phenoxy) is 3. The Labute approximate surface area is 212 Å². The molecule has 0 spiro atoms. The van der Waals surface area contributed by atoms with Crippen molar-refractivity contribution in [2.24, 2.45) is 17.8 Å². The van der Waals surface area contributed by atoms with Crippen LogP contribution in [0.25, 0.3) is 0 Å². The standard InChI is InChI=1S/C24H44O12/c1-7-12(4)17(28)22(31)35-21(14(6)9-3)24(33)36-20(13(5)8-2)23(32)34-11-16(27)19(30)18(29)15(26)10-25/h12-21,25-30H,7-11H2,1-6H3/t12-,13+,14+,15+,16-,17-,18+,19-,20+,21+/m1/s1. The van der Waals surface area contributed by atoms with E-state index in [0.29, 0.717) is 19.3 Å². The monoisotopic (exact) mass is 524 g/mol. The van der Waals surface area contributed by atoms with Gasteiger partial charge in [0, 0.05) is 11.8 Å². The van der Waals surface area contributed by atoms with Gasteiger partial charge in [0.15, 0.2) is 6.10 Å². The molecule has 0 fully saturated rings. The minimum Gasteiger partial charge on any atom is -0.460 e. The lowest BCUT2D eigenvalue weighted by atomic mass is 9.99. The summed E-state index contributed by atoms with van der Waals surface area (Å²) in [5.41, 5.74) is 0. The topological polar surface area (TPSA) is 200 Å². The molecule has 36 heavy (non-hydrogen) atoms. The Hall–Kier alpha value is -1.83. The van der Waals surface area contributed by atoms with Crippen LogP contribution in [0, 0.1) is 17.8 Å². The van der Waals surface area contributed by atoms with Gasteiger partial charge in [-0.3, -0.25) is 0 Å². The molecule has 0 amide bonds. The highest BCUT2D eigenvalue weighted by atomic mass is 16.6. The summed E-state index contributed by atoms with van der Waals surface area (Å²) in [6.45, 7) is 8.54. The molecule has 0 aliphatic carbocycles. The molecule has 0 saturated carbocycles. The molecular formula is C24H44O12. The Balaban J connectivity index is 5.45. The molecular weight excluding hydrogens is 480 g/mol. The smallest absolute Gasteiger partial charge is 0.348 e. The van der Waals surface area contributed by atoms with Crippen LogP contribution in [0.15, 0.2) is 0 Å². The van der Waals surface area contributed by atoms with Crippen LogP contribution in [0.5, 0.6) is 0 Å². The van der Waals surface area contributed by atoms with Crippen LogP contribution in [0.1, 0.15) is 60.8 Å². The Bertz CT molecular complexity index is 671. The fourth-order valence-corrected chi connectivity index (χ4v) is 2.98. The number of esters is 3. The van der Waals surface area contributed by atoms with Crippen molar-refractivity contribution in [1.82, 2.24) is 0 Å². The summed E-state index contributed by atoms with van der Waals surface area (Å²) in [7, 11) is 0. The Morgan fingerprint density at radius 2 is 1.06 bits per heavy atom. The third-order valence-electron chi connectivity index (χ3n) is 6.42. The second-order valence-corrected chi connectivity index (χ2v) is 9.24. The van der Waals surface area contributed by atoms with E-state index in [4.69, 9.17) is 19.3 Å². The zero-order valence-electron chi connectivity index (χ0n) is 21.9. The molecule has 0 bridgehead atoms. The van der Waals surface area contributed by atoms with E-state index in [1.54, 1.807) is 41.5 Å². The Morgan fingerprint density at radius 3 is 1.50 bits per heavy atom. The third-order valence-corrected chi connectivity index (χ3v) is 6.42. The van der Waals surface area contributed by atoms with Crippen LogP contribution < -0.4 is 0 Å². The first-order valence-electron chi connectivity index (χ1n) is 12.4. The molecule has 10 atom stereocenters. The fraction of sp³-hybridized carbons (Fsp3) is 0.875. The maximum Gasteiger partial charge on any atom is 0.348 e. The first-order chi connectivity index (χ1) is 16.8. The molecule has 12 nitrogen and oxygen atoms in total. The van der Waals surface area contributed by atoms with Crippen molar-refractivity contribution in [2.75, 3.05) is 13.2 Å². The number of rotatable bonds is 17. The average molecular weight is 525 g/mol. The van der Waals surface area contributed by atoms with E-state index < -0.39 is 91.6 Å². The van der Waals surface area contributed by atoms with E-state index in [9.17, 15) is 39.9 Å². The zero-order chi connectivity index (χ0) is 28.2. The third kappa shape index (κ3) is 10.3. The number of carbonyl (C=O) groups is 3. The van der Waals surface area contributed by atoms with Crippen molar-refractivity contribution in [3.8, 4) is 0 Å². The molecule has 6 N–H and O–H groups in total. The minimum atomic E-state index is -1.93. The van der Waals surface area contributed by atoms with Gasteiger partial charge in [0.25, 0.3) is 0 Å². The molecule has 0 aliphatic rings. The summed E-state index contributed by atoms with van der Waals surface area (Å²) in [4.78, 5) is 38.0. The van der Waals surface area contributed by atoms with Crippen LogP contribution in [0.4, 0.5) is 0 Å². The number of hydrogen-bond acceptors (Lipinski definition) is 12. The van der Waals surface area contributed by atoms with Gasteiger partial charge in [-0.2, -0.15) is 0 Å². The molecule has 0 saturated heterocycles. The molecule has 0 heterocycles. The SMILES string of the molecule is CC[C@@H](C)[C@@H](O)C(=O)O[C@H](C(=O)O[C@H](C(=O)OC[C@@H](O)[C@@H](O)[C@@H](O)[C@@H](O)CO)[C@@H](C)CC)[C@@H](C)CC. The molecule has 0 aliphatic heterocycles. The highest BCUT2D eigenvalue weighted by Crippen LogP contribution is 2.21. The first-order valence-corrected chi connectivity index (χ1v) is 12.4. The summed E-state index contributed by atoms with van der Waals surface area (Å²) >= 11 is 0. The molecule has 12 heteroatoms. The Morgan fingerprint density at radius 1 is 0.639 bits per heavy atom. The normalized spacial score (nSPS) is 20.0. The van der Waals surface area contributed by atoms with E-state index >= 15 is 0 Å². The van der Waals surface area contributed by atoms with E-state index in [-0.39, 0.29) is 0 Å². The molecule has 0 rings (SSSR count). The number of hydrogen-bond donors (Lipinski definition) is 6. The predicted molar refractivity (Wildman–Crippen MR) is 126 cm³/mol. The van der Waals surface area contributed by atoms with Gasteiger partial charge in [-0.15, -0.1) is 0 Å². The van der Waals surface area contributed by atoms with Crippen molar-refractivity contribution in [3.63, 3.8) is 0 Å². The van der Waals surface area contributed by atoms with Gasteiger partial charge in [-0.25, -0.2) is 14.4 Å². The summed E-state index contributed by atoms with van der Waals surface area (Å²) in [6.07, 6.45) is -10.3. The van der Waals surface area contributed by atoms with Crippen molar-refractivity contribution in [2.45, 2.75) is 104 Å². The summed E-state index contributed by atoms with van der Waals surface area (Å²) in [5, 5.41) is 57.9. The molecule has 0 aromatic carbocycles. The average Bonchev–Trinajstić information content (AvgIpc) is 2.89. The van der Waals surface area contributed by atoms with E-state index in [0.717, 1.165) is 0 Å². The van der Waals surface area contributed by atoms with Crippen molar-refractivity contribution in [3.05, 3.63) is 0 Å². The van der Waals surface area contributed by atoms with Gasteiger partial charge >= 0.3 is 17.9 Å².